The average Bonchev–Trinajstić information content (AvgIpc) is 3.24. The largest absolute Gasteiger partial charge is 0.493 e. The van der Waals surface area contributed by atoms with Crippen LogP contribution in [0.25, 0.3) is 16.9 Å². The summed E-state index contributed by atoms with van der Waals surface area (Å²) in [6.45, 7) is 0.760. The molecular weight excluding hydrogens is 416 g/mol. The molecule has 0 N–H and O–H groups in total. The van der Waals surface area contributed by atoms with Crippen LogP contribution in [-0.2, 0) is 14.2 Å². The predicted octanol–water partition coefficient (Wildman–Crippen LogP) is 3.15. The van der Waals surface area contributed by atoms with Gasteiger partial charge in [0.15, 0.2) is 17.2 Å². The number of hydrogen-bond acceptors (Lipinski definition) is 8. The van der Waals surface area contributed by atoms with Gasteiger partial charge in [0.2, 0.25) is 0 Å². The van der Waals surface area contributed by atoms with Gasteiger partial charge in [-0.2, -0.15) is 5.10 Å². The van der Waals surface area contributed by atoms with Crippen molar-refractivity contribution in [2.24, 2.45) is 0 Å². The monoisotopic (exact) mass is 440 g/mol. The Kier molecular flexibility index (Phi) is 7.45. The van der Waals surface area contributed by atoms with Crippen molar-refractivity contribution in [1.82, 2.24) is 9.78 Å². The second-order valence-corrected chi connectivity index (χ2v) is 6.51. The summed E-state index contributed by atoms with van der Waals surface area (Å²) in [6.07, 6.45) is 0. The Balaban J connectivity index is 2.20. The lowest BCUT2D eigenvalue weighted by Crippen LogP contribution is -2.15. The van der Waals surface area contributed by atoms with E-state index in [0.29, 0.717) is 36.0 Å². The van der Waals surface area contributed by atoms with Gasteiger partial charge in [0.05, 0.1) is 33.6 Å². The summed E-state index contributed by atoms with van der Waals surface area (Å²) in [5.74, 6) is -0.506. The van der Waals surface area contributed by atoms with E-state index in [1.807, 2.05) is 6.07 Å². The minimum Gasteiger partial charge on any atom is -0.493 e. The summed E-state index contributed by atoms with van der Waals surface area (Å²) >= 11 is 0. The fourth-order valence-corrected chi connectivity index (χ4v) is 3.13. The molecule has 0 atom stereocenters. The minimum absolute atomic E-state index is 0.0155. The molecule has 0 amide bonds. The molecule has 0 unspecified atom stereocenters. The van der Waals surface area contributed by atoms with Crippen LogP contribution in [0, 0.1) is 0 Å². The van der Waals surface area contributed by atoms with E-state index in [2.05, 4.69) is 5.10 Å². The predicted molar refractivity (Wildman–Crippen MR) is 116 cm³/mol. The van der Waals surface area contributed by atoms with Gasteiger partial charge < -0.3 is 23.7 Å². The van der Waals surface area contributed by atoms with Gasteiger partial charge in [-0.3, -0.25) is 0 Å². The van der Waals surface area contributed by atoms with E-state index in [1.165, 1.54) is 26.0 Å². The van der Waals surface area contributed by atoms with Crippen LogP contribution in [0.3, 0.4) is 0 Å². The highest BCUT2D eigenvalue weighted by Gasteiger charge is 2.31. The van der Waals surface area contributed by atoms with Crippen LogP contribution in [0.1, 0.15) is 20.8 Å². The van der Waals surface area contributed by atoms with E-state index in [0.717, 1.165) is 0 Å². The summed E-state index contributed by atoms with van der Waals surface area (Å²) in [6, 6.07) is 14.0. The van der Waals surface area contributed by atoms with Crippen molar-refractivity contribution in [3.05, 3.63) is 59.8 Å². The van der Waals surface area contributed by atoms with Crippen molar-refractivity contribution >= 4 is 11.9 Å². The first kappa shape index (κ1) is 22.8. The molecule has 0 aliphatic heterocycles. The molecule has 0 bridgehead atoms. The van der Waals surface area contributed by atoms with E-state index in [4.69, 9.17) is 23.7 Å². The van der Waals surface area contributed by atoms with Crippen LogP contribution in [0.4, 0.5) is 0 Å². The number of carbonyl (C=O) groups is 2. The van der Waals surface area contributed by atoms with Crippen molar-refractivity contribution in [2.45, 2.75) is 0 Å². The third-order valence-corrected chi connectivity index (χ3v) is 4.64. The normalized spacial score (nSPS) is 10.5. The maximum atomic E-state index is 12.7. The molecular formula is C23H24N2O7. The highest BCUT2D eigenvalue weighted by Crippen LogP contribution is 2.35. The van der Waals surface area contributed by atoms with E-state index in [1.54, 1.807) is 49.6 Å². The van der Waals surface area contributed by atoms with Gasteiger partial charge in [0.1, 0.15) is 17.9 Å². The Morgan fingerprint density at radius 2 is 1.59 bits per heavy atom. The molecule has 9 heteroatoms. The zero-order valence-corrected chi connectivity index (χ0v) is 18.3. The van der Waals surface area contributed by atoms with Gasteiger partial charge in [-0.15, -0.1) is 0 Å². The molecule has 0 saturated carbocycles. The van der Waals surface area contributed by atoms with E-state index in [-0.39, 0.29) is 17.0 Å². The number of esters is 2. The summed E-state index contributed by atoms with van der Waals surface area (Å²) in [4.78, 5) is 25.4. The lowest BCUT2D eigenvalue weighted by Gasteiger charge is -2.12. The fraction of sp³-hybridized carbons (Fsp3) is 0.261. The second-order valence-electron chi connectivity index (χ2n) is 6.51. The van der Waals surface area contributed by atoms with Crippen molar-refractivity contribution in [1.29, 1.82) is 0 Å². The van der Waals surface area contributed by atoms with Gasteiger partial charge in [-0.05, 0) is 30.3 Å². The Hall–Kier alpha value is -3.85. The molecule has 0 saturated heterocycles. The summed E-state index contributed by atoms with van der Waals surface area (Å²) in [5, 5.41) is 4.57. The van der Waals surface area contributed by atoms with Crippen LogP contribution in [0.5, 0.6) is 11.5 Å². The highest BCUT2D eigenvalue weighted by molar-refractivity contribution is 6.06. The third-order valence-electron chi connectivity index (χ3n) is 4.64. The number of aromatic nitrogens is 2. The third kappa shape index (κ3) is 4.57. The molecule has 9 nitrogen and oxygen atoms in total. The zero-order chi connectivity index (χ0) is 23.1. The average molecular weight is 440 g/mol. The van der Waals surface area contributed by atoms with Crippen LogP contribution in [-0.4, -0.2) is 63.4 Å². The Morgan fingerprint density at radius 3 is 2.22 bits per heavy atom. The fourth-order valence-electron chi connectivity index (χ4n) is 3.13. The molecule has 0 aliphatic rings. The molecule has 0 aliphatic carbocycles. The smallest absolute Gasteiger partial charge is 0.357 e. The molecule has 3 rings (SSSR count). The SMILES string of the molecule is COCCOc1ccc(-c2nn(-c3ccccc3)c(C(=O)OC)c2C(=O)OC)cc1OC. The Bertz CT molecular complexity index is 1090. The first-order valence-corrected chi connectivity index (χ1v) is 9.70. The van der Waals surface area contributed by atoms with E-state index in [9.17, 15) is 9.59 Å². The molecule has 1 heterocycles. The quantitative estimate of drug-likeness (QED) is 0.370. The topological polar surface area (TPSA) is 98.1 Å². The molecule has 0 spiro atoms. The first-order valence-electron chi connectivity index (χ1n) is 9.70. The molecule has 168 valence electrons. The highest BCUT2D eigenvalue weighted by atomic mass is 16.5. The van der Waals surface area contributed by atoms with Crippen LogP contribution in [0.15, 0.2) is 48.5 Å². The van der Waals surface area contributed by atoms with Crippen molar-refractivity contribution < 1.29 is 33.3 Å². The van der Waals surface area contributed by atoms with Gasteiger partial charge in [0, 0.05) is 12.7 Å². The number of rotatable bonds is 9. The summed E-state index contributed by atoms with van der Waals surface area (Å²) in [5.41, 5.74) is 1.29. The molecule has 1 aromatic heterocycles. The maximum Gasteiger partial charge on any atom is 0.357 e. The van der Waals surface area contributed by atoms with Crippen LogP contribution >= 0.6 is 0 Å². The maximum absolute atomic E-state index is 12.7. The van der Waals surface area contributed by atoms with Crippen molar-refractivity contribution in [3.8, 4) is 28.4 Å². The number of nitrogens with zero attached hydrogens (tertiary/aromatic N) is 2. The lowest BCUT2D eigenvalue weighted by atomic mass is 10.0. The van der Waals surface area contributed by atoms with Gasteiger partial charge in [0.25, 0.3) is 0 Å². The van der Waals surface area contributed by atoms with Crippen molar-refractivity contribution in [2.75, 3.05) is 41.7 Å². The number of methoxy groups -OCH3 is 4. The van der Waals surface area contributed by atoms with Gasteiger partial charge in [-0.1, -0.05) is 18.2 Å². The molecule has 32 heavy (non-hydrogen) atoms. The molecule has 2 aromatic carbocycles. The minimum atomic E-state index is -0.723. The Morgan fingerprint density at radius 1 is 0.875 bits per heavy atom. The number of carbonyl (C=O) groups excluding carboxylic acids is 2. The standard InChI is InChI=1S/C23H24N2O7/c1-28-12-13-32-17-11-10-15(14-18(17)29-2)20-19(22(26)30-3)21(23(27)31-4)25(24-20)16-8-6-5-7-9-16/h5-11,14H,12-13H2,1-4H3. The van der Waals surface area contributed by atoms with Gasteiger partial charge >= 0.3 is 11.9 Å². The number of benzene rings is 2. The van der Waals surface area contributed by atoms with Crippen LogP contribution in [0.2, 0.25) is 0 Å². The summed E-state index contributed by atoms with van der Waals surface area (Å²) in [7, 11) is 5.56. The zero-order valence-electron chi connectivity index (χ0n) is 18.3. The van der Waals surface area contributed by atoms with Crippen molar-refractivity contribution in [3.63, 3.8) is 0 Å². The molecule has 0 fully saturated rings. The number of hydrogen-bond donors (Lipinski definition) is 0. The van der Waals surface area contributed by atoms with Gasteiger partial charge in [-0.25, -0.2) is 14.3 Å². The number of para-hydroxylation sites is 1. The van der Waals surface area contributed by atoms with E-state index >= 15 is 0 Å². The van der Waals surface area contributed by atoms with E-state index < -0.39 is 11.9 Å². The Labute approximate surface area is 185 Å². The number of ether oxygens (including phenoxy) is 5. The molecule has 3 aromatic rings. The second kappa shape index (κ2) is 10.5. The lowest BCUT2D eigenvalue weighted by molar-refractivity contribution is 0.0549. The first-order chi connectivity index (χ1) is 15.5. The van der Waals surface area contributed by atoms with Crippen LogP contribution < -0.4 is 9.47 Å². The summed E-state index contributed by atoms with van der Waals surface area (Å²) < 4.78 is 27.4. The molecule has 0 radical (unpaired) electrons.